The first-order valence-electron chi connectivity index (χ1n) is 12.0. The van der Waals surface area contributed by atoms with E-state index >= 15 is 0 Å². The van der Waals surface area contributed by atoms with E-state index in [4.69, 9.17) is 4.74 Å². The standard InChI is InChI=1S/C24H34N4O4/c29-22-6-2-1-3-11-28(22)17-23(30)27-12-9-18(10-13-27)21-8-7-19(15-25-21)24(31)26-16-20-5-4-14-32-20/h7-8,15,18,20H,1-6,9-14,16-17H2,(H,26,31). The predicted octanol–water partition coefficient (Wildman–Crippen LogP) is 2.10. The molecule has 0 radical (unpaired) electrons. The van der Waals surface area contributed by atoms with Crippen molar-refractivity contribution in [2.24, 2.45) is 0 Å². The number of nitrogens with zero attached hydrogens (tertiary/aromatic N) is 3. The molecule has 8 heteroatoms. The summed E-state index contributed by atoms with van der Waals surface area (Å²) in [6, 6.07) is 3.76. The van der Waals surface area contributed by atoms with Crippen molar-refractivity contribution in [3.8, 4) is 0 Å². The number of aromatic nitrogens is 1. The van der Waals surface area contributed by atoms with Crippen LogP contribution >= 0.6 is 0 Å². The predicted molar refractivity (Wildman–Crippen MR) is 119 cm³/mol. The lowest BCUT2D eigenvalue weighted by atomic mass is 9.92. The van der Waals surface area contributed by atoms with Gasteiger partial charge in [0, 0.05) is 57.0 Å². The van der Waals surface area contributed by atoms with E-state index in [1.54, 1.807) is 11.1 Å². The van der Waals surface area contributed by atoms with E-state index in [1.807, 2.05) is 17.0 Å². The van der Waals surface area contributed by atoms with Crippen LogP contribution in [0, 0.1) is 0 Å². The molecule has 0 aliphatic carbocycles. The molecule has 1 aromatic rings. The fourth-order valence-corrected chi connectivity index (χ4v) is 4.79. The Bertz CT molecular complexity index is 799. The van der Waals surface area contributed by atoms with Crippen LogP contribution in [-0.2, 0) is 14.3 Å². The van der Waals surface area contributed by atoms with Gasteiger partial charge in [0.05, 0.1) is 18.2 Å². The topological polar surface area (TPSA) is 91.8 Å². The van der Waals surface area contributed by atoms with Gasteiger partial charge in [0.1, 0.15) is 0 Å². The Balaban J connectivity index is 1.23. The summed E-state index contributed by atoms with van der Waals surface area (Å²) in [5, 5.41) is 2.92. The fraction of sp³-hybridized carbons (Fsp3) is 0.667. The van der Waals surface area contributed by atoms with E-state index in [-0.39, 0.29) is 36.3 Å². The van der Waals surface area contributed by atoms with Crippen molar-refractivity contribution in [3.05, 3.63) is 29.6 Å². The molecule has 0 bridgehead atoms. The zero-order chi connectivity index (χ0) is 22.3. The normalized spacial score (nSPS) is 22.6. The molecule has 3 amide bonds. The number of ether oxygens (including phenoxy) is 1. The number of piperidine rings is 1. The van der Waals surface area contributed by atoms with Gasteiger partial charge in [-0.15, -0.1) is 0 Å². The minimum atomic E-state index is -0.122. The maximum absolute atomic E-state index is 12.7. The number of carbonyl (C=O) groups is 3. The van der Waals surface area contributed by atoms with Gasteiger partial charge >= 0.3 is 0 Å². The Labute approximate surface area is 189 Å². The maximum Gasteiger partial charge on any atom is 0.252 e. The number of hydrogen-bond donors (Lipinski definition) is 1. The molecule has 1 unspecified atom stereocenters. The highest BCUT2D eigenvalue weighted by atomic mass is 16.5. The van der Waals surface area contributed by atoms with E-state index < -0.39 is 0 Å². The first kappa shape index (κ1) is 22.7. The third-order valence-corrected chi connectivity index (χ3v) is 6.83. The van der Waals surface area contributed by atoms with Crippen LogP contribution in [0.5, 0.6) is 0 Å². The summed E-state index contributed by atoms with van der Waals surface area (Å²) in [5.74, 6) is 0.311. The van der Waals surface area contributed by atoms with Crippen LogP contribution in [-0.4, -0.2) is 77.9 Å². The number of nitrogens with one attached hydrogen (secondary N) is 1. The van der Waals surface area contributed by atoms with Gasteiger partial charge in [-0.05, 0) is 50.7 Å². The summed E-state index contributed by atoms with van der Waals surface area (Å²) in [6.45, 7) is 3.57. The fourth-order valence-electron chi connectivity index (χ4n) is 4.79. The molecule has 4 rings (SSSR count). The van der Waals surface area contributed by atoms with Crippen molar-refractivity contribution in [1.82, 2.24) is 20.1 Å². The molecule has 1 atom stereocenters. The number of rotatable bonds is 6. The van der Waals surface area contributed by atoms with Gasteiger partial charge in [-0.25, -0.2) is 0 Å². The molecule has 3 fully saturated rings. The smallest absolute Gasteiger partial charge is 0.252 e. The molecule has 0 saturated carbocycles. The number of amides is 3. The summed E-state index contributed by atoms with van der Waals surface area (Å²) in [5.41, 5.74) is 1.52. The molecule has 1 aromatic heterocycles. The molecule has 0 spiro atoms. The van der Waals surface area contributed by atoms with Gasteiger partial charge in [0.25, 0.3) is 5.91 Å². The minimum absolute atomic E-state index is 0.0462. The van der Waals surface area contributed by atoms with Crippen molar-refractivity contribution in [1.29, 1.82) is 0 Å². The van der Waals surface area contributed by atoms with Crippen molar-refractivity contribution in [2.75, 3.05) is 39.3 Å². The van der Waals surface area contributed by atoms with Gasteiger partial charge in [0.2, 0.25) is 11.8 Å². The second-order valence-corrected chi connectivity index (χ2v) is 9.10. The Hall–Kier alpha value is -2.48. The van der Waals surface area contributed by atoms with E-state index in [0.29, 0.717) is 38.2 Å². The summed E-state index contributed by atoms with van der Waals surface area (Å²) in [4.78, 5) is 45.4. The second kappa shape index (κ2) is 10.9. The number of pyridine rings is 1. The third-order valence-electron chi connectivity index (χ3n) is 6.83. The van der Waals surface area contributed by atoms with Crippen LogP contribution in [0.15, 0.2) is 18.3 Å². The van der Waals surface area contributed by atoms with Gasteiger partial charge in [-0.1, -0.05) is 6.42 Å². The lowest BCUT2D eigenvalue weighted by Crippen LogP contribution is -2.45. The average molecular weight is 443 g/mol. The van der Waals surface area contributed by atoms with E-state index in [1.165, 1.54) is 0 Å². The Morgan fingerprint density at radius 2 is 1.91 bits per heavy atom. The molecule has 0 aromatic carbocycles. The zero-order valence-electron chi connectivity index (χ0n) is 18.8. The summed E-state index contributed by atoms with van der Waals surface area (Å²) in [6.07, 6.45) is 9.03. The lowest BCUT2D eigenvalue weighted by Gasteiger charge is -2.33. The zero-order valence-corrected chi connectivity index (χ0v) is 18.8. The molecule has 1 N–H and O–H groups in total. The maximum atomic E-state index is 12.7. The first-order valence-corrected chi connectivity index (χ1v) is 12.0. The highest BCUT2D eigenvalue weighted by molar-refractivity contribution is 5.93. The summed E-state index contributed by atoms with van der Waals surface area (Å²) in [7, 11) is 0. The van der Waals surface area contributed by atoms with Crippen LogP contribution in [0.25, 0.3) is 0 Å². The molecule has 8 nitrogen and oxygen atoms in total. The minimum Gasteiger partial charge on any atom is -0.376 e. The van der Waals surface area contributed by atoms with Gasteiger partial charge in [-0.2, -0.15) is 0 Å². The molecular formula is C24H34N4O4. The van der Waals surface area contributed by atoms with Crippen molar-refractivity contribution < 1.29 is 19.1 Å². The average Bonchev–Trinajstić information content (AvgIpc) is 3.27. The first-order chi connectivity index (χ1) is 15.6. The number of carbonyl (C=O) groups excluding carboxylic acids is 3. The van der Waals surface area contributed by atoms with E-state index in [9.17, 15) is 14.4 Å². The van der Waals surface area contributed by atoms with Crippen molar-refractivity contribution >= 4 is 17.7 Å². The van der Waals surface area contributed by atoms with Crippen LogP contribution in [0.3, 0.4) is 0 Å². The summed E-state index contributed by atoms with van der Waals surface area (Å²) < 4.78 is 5.54. The molecule has 3 saturated heterocycles. The Kier molecular flexibility index (Phi) is 7.73. The molecular weight excluding hydrogens is 408 g/mol. The van der Waals surface area contributed by atoms with E-state index in [0.717, 1.165) is 57.2 Å². The number of likely N-dealkylation sites (tertiary alicyclic amines) is 2. The Morgan fingerprint density at radius 1 is 1.06 bits per heavy atom. The molecule has 4 heterocycles. The number of hydrogen-bond acceptors (Lipinski definition) is 5. The monoisotopic (exact) mass is 442 g/mol. The van der Waals surface area contributed by atoms with Crippen molar-refractivity contribution in [2.45, 2.75) is 63.4 Å². The van der Waals surface area contributed by atoms with Gasteiger partial charge in [-0.3, -0.25) is 19.4 Å². The Morgan fingerprint density at radius 3 is 2.62 bits per heavy atom. The third kappa shape index (κ3) is 5.85. The van der Waals surface area contributed by atoms with Crippen LogP contribution < -0.4 is 5.32 Å². The van der Waals surface area contributed by atoms with Gasteiger partial charge < -0.3 is 19.9 Å². The highest BCUT2D eigenvalue weighted by Crippen LogP contribution is 2.27. The molecule has 174 valence electrons. The summed E-state index contributed by atoms with van der Waals surface area (Å²) >= 11 is 0. The molecule has 3 aliphatic rings. The van der Waals surface area contributed by atoms with Crippen LogP contribution in [0.1, 0.15) is 73.3 Å². The second-order valence-electron chi connectivity index (χ2n) is 9.10. The SMILES string of the molecule is O=C(NCC1CCCO1)c1ccc(C2CCN(C(=O)CN3CCCCCC3=O)CC2)nc1. The van der Waals surface area contributed by atoms with Crippen molar-refractivity contribution in [3.63, 3.8) is 0 Å². The lowest BCUT2D eigenvalue weighted by molar-refractivity contribution is -0.140. The molecule has 3 aliphatic heterocycles. The highest BCUT2D eigenvalue weighted by Gasteiger charge is 2.27. The van der Waals surface area contributed by atoms with Crippen LogP contribution in [0.2, 0.25) is 0 Å². The van der Waals surface area contributed by atoms with E-state index in [2.05, 4.69) is 10.3 Å². The quantitative estimate of drug-likeness (QED) is 0.729. The van der Waals surface area contributed by atoms with Gasteiger partial charge in [0.15, 0.2) is 0 Å². The molecule has 32 heavy (non-hydrogen) atoms. The largest absolute Gasteiger partial charge is 0.376 e. The van der Waals surface area contributed by atoms with Crippen LogP contribution in [0.4, 0.5) is 0 Å².